The highest BCUT2D eigenvalue weighted by atomic mass is 32.2. The molecule has 72 valence electrons. The third kappa shape index (κ3) is 1.81. The van der Waals surface area contributed by atoms with Crippen molar-refractivity contribution in [1.29, 1.82) is 0 Å². The zero-order valence-electron chi connectivity index (χ0n) is 7.47. The second-order valence-corrected chi connectivity index (χ2v) is 4.66. The molecule has 2 rings (SSSR count). The maximum atomic E-state index is 11.6. The third-order valence-electron chi connectivity index (χ3n) is 1.99. The van der Waals surface area contributed by atoms with Gasteiger partial charge < -0.3 is 0 Å². The summed E-state index contributed by atoms with van der Waals surface area (Å²) in [6.07, 6.45) is 0.569. The summed E-state index contributed by atoms with van der Waals surface area (Å²) < 4.78 is 0.660. The Balaban J connectivity index is 2.32. The summed E-state index contributed by atoms with van der Waals surface area (Å²) in [4.78, 5) is 13.2. The van der Waals surface area contributed by atoms with Gasteiger partial charge in [0.25, 0.3) is 0 Å². The van der Waals surface area contributed by atoms with Gasteiger partial charge in [0.05, 0.1) is 5.69 Å². The molecule has 1 aromatic rings. The number of hydrogen-bond acceptors (Lipinski definition) is 3. The highest BCUT2D eigenvalue weighted by Crippen LogP contribution is 2.25. The first kappa shape index (κ1) is 9.68. The minimum atomic E-state index is 0.0972. The Hall–Kier alpha value is -0.870. The molecular formula is C10H9NOS2. The molecule has 0 aromatic heterocycles. The summed E-state index contributed by atoms with van der Waals surface area (Å²) in [7, 11) is 0. The first-order valence-corrected chi connectivity index (χ1v) is 5.73. The topological polar surface area (TPSA) is 20.3 Å². The highest BCUT2D eigenvalue weighted by molar-refractivity contribution is 8.23. The van der Waals surface area contributed by atoms with Crippen LogP contribution in [-0.2, 0) is 4.79 Å². The fourth-order valence-corrected chi connectivity index (χ4v) is 2.58. The van der Waals surface area contributed by atoms with Crippen LogP contribution in [0.1, 0.15) is 6.42 Å². The molecule has 1 aliphatic rings. The van der Waals surface area contributed by atoms with Crippen LogP contribution in [-0.4, -0.2) is 16.0 Å². The summed E-state index contributed by atoms with van der Waals surface area (Å²) in [6.45, 7) is 0. The Morgan fingerprint density at radius 2 is 2.00 bits per heavy atom. The van der Waals surface area contributed by atoms with Crippen LogP contribution in [0.2, 0.25) is 0 Å². The van der Waals surface area contributed by atoms with Crippen LogP contribution >= 0.6 is 24.0 Å². The Morgan fingerprint density at radius 1 is 1.29 bits per heavy atom. The van der Waals surface area contributed by atoms with Gasteiger partial charge in [0.1, 0.15) is 4.32 Å². The lowest BCUT2D eigenvalue weighted by Crippen LogP contribution is -2.37. The molecular weight excluding hydrogens is 214 g/mol. The summed E-state index contributed by atoms with van der Waals surface area (Å²) >= 11 is 6.72. The van der Waals surface area contributed by atoms with Crippen molar-refractivity contribution in [2.24, 2.45) is 0 Å². The lowest BCUT2D eigenvalue weighted by atomic mass is 10.3. The molecule has 4 heteroatoms. The van der Waals surface area contributed by atoms with Crippen LogP contribution in [0, 0.1) is 0 Å². The van der Waals surface area contributed by atoms with Gasteiger partial charge >= 0.3 is 0 Å². The van der Waals surface area contributed by atoms with Gasteiger partial charge in [-0.25, -0.2) is 0 Å². The van der Waals surface area contributed by atoms with E-state index in [4.69, 9.17) is 12.2 Å². The van der Waals surface area contributed by atoms with Crippen LogP contribution in [0.5, 0.6) is 0 Å². The zero-order valence-corrected chi connectivity index (χ0v) is 9.11. The molecule has 0 atom stereocenters. The van der Waals surface area contributed by atoms with Crippen molar-refractivity contribution in [3.8, 4) is 0 Å². The van der Waals surface area contributed by atoms with Crippen molar-refractivity contribution in [2.75, 3.05) is 10.7 Å². The minimum absolute atomic E-state index is 0.0972. The van der Waals surface area contributed by atoms with Crippen molar-refractivity contribution < 1.29 is 4.79 Å². The van der Waals surface area contributed by atoms with Crippen molar-refractivity contribution >= 4 is 39.9 Å². The van der Waals surface area contributed by atoms with E-state index in [9.17, 15) is 4.79 Å². The number of hydrogen-bond donors (Lipinski definition) is 0. The van der Waals surface area contributed by atoms with E-state index in [0.717, 1.165) is 11.4 Å². The van der Waals surface area contributed by atoms with Gasteiger partial charge in [-0.1, -0.05) is 42.2 Å². The van der Waals surface area contributed by atoms with Crippen molar-refractivity contribution in [2.45, 2.75) is 6.42 Å². The SMILES string of the molecule is O=C1CCSC(=S)N1c1ccccc1. The Kier molecular flexibility index (Phi) is 2.84. The predicted octanol–water partition coefficient (Wildman–Crippen LogP) is 2.44. The molecule has 0 radical (unpaired) electrons. The van der Waals surface area contributed by atoms with Crippen molar-refractivity contribution in [3.05, 3.63) is 30.3 Å². The predicted molar refractivity (Wildman–Crippen MR) is 63.6 cm³/mol. The lowest BCUT2D eigenvalue weighted by molar-refractivity contribution is -0.117. The van der Waals surface area contributed by atoms with Gasteiger partial charge in [-0.05, 0) is 12.1 Å². The summed E-state index contributed by atoms with van der Waals surface area (Å²) in [6, 6.07) is 9.54. The molecule has 1 heterocycles. The second-order valence-electron chi connectivity index (χ2n) is 2.93. The standard InChI is InChI=1S/C10H9NOS2/c12-9-6-7-14-10(13)11(9)8-4-2-1-3-5-8/h1-5H,6-7H2. The zero-order chi connectivity index (χ0) is 9.97. The first-order valence-electron chi connectivity index (χ1n) is 4.34. The number of carbonyl (C=O) groups excluding carboxylic acids is 1. The first-order chi connectivity index (χ1) is 6.79. The largest absolute Gasteiger partial charge is 0.274 e. The van der Waals surface area contributed by atoms with Crippen LogP contribution in [0.4, 0.5) is 5.69 Å². The number of thiocarbonyl (C=S) groups is 1. The number of benzene rings is 1. The van der Waals surface area contributed by atoms with Gasteiger partial charge in [-0.3, -0.25) is 9.69 Å². The lowest BCUT2D eigenvalue weighted by Gasteiger charge is -2.26. The van der Waals surface area contributed by atoms with E-state index in [1.807, 2.05) is 30.3 Å². The molecule has 1 aromatic carbocycles. The molecule has 2 nitrogen and oxygen atoms in total. The van der Waals surface area contributed by atoms with E-state index in [1.54, 1.807) is 16.7 Å². The number of carbonyl (C=O) groups is 1. The highest BCUT2D eigenvalue weighted by Gasteiger charge is 2.24. The van der Waals surface area contributed by atoms with Crippen molar-refractivity contribution in [1.82, 2.24) is 0 Å². The number of thioether (sulfide) groups is 1. The van der Waals surface area contributed by atoms with Gasteiger partial charge in [-0.2, -0.15) is 0 Å². The summed E-state index contributed by atoms with van der Waals surface area (Å²) in [5.74, 6) is 0.904. The van der Waals surface area contributed by atoms with E-state index >= 15 is 0 Å². The Morgan fingerprint density at radius 3 is 2.64 bits per heavy atom. The van der Waals surface area contributed by atoms with Gasteiger partial charge in [0, 0.05) is 12.2 Å². The number of para-hydroxylation sites is 1. The molecule has 0 saturated carbocycles. The molecule has 1 amide bonds. The molecule has 0 N–H and O–H groups in total. The minimum Gasteiger partial charge on any atom is -0.274 e. The Labute approximate surface area is 92.3 Å². The van der Waals surface area contributed by atoms with Gasteiger partial charge in [-0.15, -0.1) is 0 Å². The van der Waals surface area contributed by atoms with Crippen LogP contribution in [0.3, 0.4) is 0 Å². The monoisotopic (exact) mass is 223 g/mol. The molecule has 0 spiro atoms. The van der Waals surface area contributed by atoms with Crippen molar-refractivity contribution in [3.63, 3.8) is 0 Å². The maximum absolute atomic E-state index is 11.6. The van der Waals surface area contributed by atoms with Crippen LogP contribution in [0.15, 0.2) is 30.3 Å². The fourth-order valence-electron chi connectivity index (χ4n) is 1.33. The average Bonchev–Trinajstić information content (AvgIpc) is 2.19. The molecule has 1 aliphatic heterocycles. The van der Waals surface area contributed by atoms with E-state index < -0.39 is 0 Å². The van der Waals surface area contributed by atoms with E-state index in [-0.39, 0.29) is 5.91 Å². The van der Waals surface area contributed by atoms with E-state index in [1.165, 1.54) is 0 Å². The van der Waals surface area contributed by atoms with Gasteiger partial charge in [0.15, 0.2) is 0 Å². The van der Waals surface area contributed by atoms with Crippen LogP contribution < -0.4 is 4.90 Å². The van der Waals surface area contributed by atoms with E-state index in [0.29, 0.717) is 10.7 Å². The molecule has 0 bridgehead atoms. The van der Waals surface area contributed by atoms with E-state index in [2.05, 4.69) is 0 Å². The molecule has 0 aliphatic carbocycles. The smallest absolute Gasteiger partial charge is 0.233 e. The maximum Gasteiger partial charge on any atom is 0.233 e. The molecule has 14 heavy (non-hydrogen) atoms. The molecule has 0 unspecified atom stereocenters. The quantitative estimate of drug-likeness (QED) is 0.682. The molecule has 1 saturated heterocycles. The number of amides is 1. The summed E-state index contributed by atoms with van der Waals surface area (Å²) in [5, 5.41) is 0. The number of rotatable bonds is 1. The third-order valence-corrected chi connectivity index (χ3v) is 3.36. The van der Waals surface area contributed by atoms with Crippen LogP contribution in [0.25, 0.3) is 0 Å². The molecule has 1 fully saturated rings. The fraction of sp³-hybridized carbons (Fsp3) is 0.200. The summed E-state index contributed by atoms with van der Waals surface area (Å²) in [5.41, 5.74) is 0.870. The second kappa shape index (κ2) is 4.11. The average molecular weight is 223 g/mol. The Bertz CT molecular complexity index is 348. The number of nitrogens with zero attached hydrogens (tertiary/aromatic N) is 1. The normalized spacial score (nSPS) is 17.3. The number of anilines is 1. The van der Waals surface area contributed by atoms with Gasteiger partial charge in [0.2, 0.25) is 5.91 Å².